The Morgan fingerprint density at radius 1 is 1.30 bits per heavy atom. The van der Waals surface area contributed by atoms with Gasteiger partial charge in [0.1, 0.15) is 0 Å². The Bertz CT molecular complexity index is 458. The van der Waals surface area contributed by atoms with Crippen molar-refractivity contribution in [3.63, 3.8) is 0 Å². The molecule has 0 saturated carbocycles. The van der Waals surface area contributed by atoms with E-state index in [4.69, 9.17) is 0 Å². The monoisotopic (exact) mass is 276 g/mol. The zero-order valence-corrected chi connectivity index (χ0v) is 12.4. The Morgan fingerprint density at radius 2 is 2.00 bits per heavy atom. The van der Waals surface area contributed by atoms with E-state index in [0.717, 1.165) is 12.8 Å². The molecule has 0 saturated heterocycles. The van der Waals surface area contributed by atoms with Crippen molar-refractivity contribution >= 4 is 6.03 Å². The number of carbonyl (C=O) groups is 1. The summed E-state index contributed by atoms with van der Waals surface area (Å²) in [6.45, 7) is 5.78. The molecule has 1 aliphatic rings. The maximum atomic E-state index is 12.6. The summed E-state index contributed by atoms with van der Waals surface area (Å²) in [5, 5.41) is 9.31. The molecule has 2 rings (SSSR count). The molecule has 0 spiro atoms. The zero-order valence-electron chi connectivity index (χ0n) is 12.4. The summed E-state index contributed by atoms with van der Waals surface area (Å²) in [5.41, 5.74) is 2.56. The lowest BCUT2D eigenvalue weighted by Gasteiger charge is -2.33. The lowest BCUT2D eigenvalue weighted by molar-refractivity contribution is 0.121. The van der Waals surface area contributed by atoms with E-state index in [1.54, 1.807) is 0 Å². The van der Waals surface area contributed by atoms with Crippen LogP contribution >= 0.6 is 0 Å². The van der Waals surface area contributed by atoms with E-state index in [1.807, 2.05) is 35.8 Å². The van der Waals surface area contributed by atoms with Crippen LogP contribution in [0.2, 0.25) is 0 Å². The SMILES string of the molecule is CCN(CC)C(=O)N(CCO)C1CCc2ccccc21. The Labute approximate surface area is 121 Å². The molecule has 1 N–H and O–H groups in total. The minimum absolute atomic E-state index is 0.00563. The first-order valence-corrected chi connectivity index (χ1v) is 7.47. The number of aryl methyl sites for hydroxylation is 1. The predicted octanol–water partition coefficient (Wildman–Crippen LogP) is 2.43. The van der Waals surface area contributed by atoms with Gasteiger partial charge < -0.3 is 14.9 Å². The smallest absolute Gasteiger partial charge is 0.320 e. The molecule has 4 heteroatoms. The predicted molar refractivity (Wildman–Crippen MR) is 79.6 cm³/mol. The van der Waals surface area contributed by atoms with Crippen LogP contribution in [-0.2, 0) is 6.42 Å². The van der Waals surface area contributed by atoms with Crippen molar-refractivity contribution in [2.75, 3.05) is 26.2 Å². The van der Waals surface area contributed by atoms with Crippen LogP contribution in [0.25, 0.3) is 0 Å². The summed E-state index contributed by atoms with van der Waals surface area (Å²) >= 11 is 0. The van der Waals surface area contributed by atoms with Gasteiger partial charge in [-0.2, -0.15) is 0 Å². The van der Waals surface area contributed by atoms with Crippen LogP contribution in [-0.4, -0.2) is 47.2 Å². The van der Waals surface area contributed by atoms with E-state index in [-0.39, 0.29) is 18.7 Å². The number of fused-ring (bicyclic) bond motifs is 1. The van der Waals surface area contributed by atoms with Crippen molar-refractivity contribution in [3.05, 3.63) is 35.4 Å². The minimum Gasteiger partial charge on any atom is -0.395 e. The number of urea groups is 1. The second-order valence-corrected chi connectivity index (χ2v) is 5.13. The fourth-order valence-corrected chi connectivity index (χ4v) is 3.03. The van der Waals surface area contributed by atoms with E-state index in [9.17, 15) is 9.90 Å². The highest BCUT2D eigenvalue weighted by atomic mass is 16.3. The molecular formula is C16H24N2O2. The van der Waals surface area contributed by atoms with Gasteiger partial charge in [-0.3, -0.25) is 0 Å². The molecule has 1 unspecified atom stereocenters. The van der Waals surface area contributed by atoms with Gasteiger partial charge in [0.05, 0.1) is 12.6 Å². The van der Waals surface area contributed by atoms with Gasteiger partial charge in [0, 0.05) is 19.6 Å². The third kappa shape index (κ3) is 2.80. The highest BCUT2D eigenvalue weighted by molar-refractivity contribution is 5.75. The van der Waals surface area contributed by atoms with E-state index in [2.05, 4.69) is 12.1 Å². The Balaban J connectivity index is 2.24. The molecule has 0 aromatic heterocycles. The highest BCUT2D eigenvalue weighted by Gasteiger charge is 2.32. The third-order valence-corrected chi connectivity index (χ3v) is 4.10. The highest BCUT2D eigenvalue weighted by Crippen LogP contribution is 2.35. The van der Waals surface area contributed by atoms with Crippen molar-refractivity contribution < 1.29 is 9.90 Å². The van der Waals surface area contributed by atoms with E-state index in [1.165, 1.54) is 11.1 Å². The summed E-state index contributed by atoms with van der Waals surface area (Å²) in [5.74, 6) is 0. The fraction of sp³-hybridized carbons (Fsp3) is 0.562. The van der Waals surface area contributed by atoms with Gasteiger partial charge in [0.2, 0.25) is 0 Å². The maximum absolute atomic E-state index is 12.6. The van der Waals surface area contributed by atoms with Crippen molar-refractivity contribution in [3.8, 4) is 0 Å². The molecule has 20 heavy (non-hydrogen) atoms. The summed E-state index contributed by atoms with van der Waals surface area (Å²) in [4.78, 5) is 16.3. The number of hydrogen-bond donors (Lipinski definition) is 1. The van der Waals surface area contributed by atoms with Crippen molar-refractivity contribution in [2.45, 2.75) is 32.7 Å². The van der Waals surface area contributed by atoms with Crippen LogP contribution in [0.3, 0.4) is 0 Å². The average molecular weight is 276 g/mol. The lowest BCUT2D eigenvalue weighted by atomic mass is 10.1. The van der Waals surface area contributed by atoms with Gasteiger partial charge in [0.15, 0.2) is 0 Å². The second kappa shape index (κ2) is 6.75. The van der Waals surface area contributed by atoms with Crippen LogP contribution in [0.15, 0.2) is 24.3 Å². The first-order valence-electron chi connectivity index (χ1n) is 7.47. The Morgan fingerprint density at radius 3 is 2.65 bits per heavy atom. The number of nitrogens with zero attached hydrogens (tertiary/aromatic N) is 2. The van der Waals surface area contributed by atoms with Gasteiger partial charge in [-0.25, -0.2) is 4.79 Å². The Kier molecular flexibility index (Phi) is 5.01. The molecule has 0 bridgehead atoms. The van der Waals surface area contributed by atoms with E-state index < -0.39 is 0 Å². The van der Waals surface area contributed by atoms with Crippen molar-refractivity contribution in [1.82, 2.24) is 9.80 Å². The summed E-state index contributed by atoms with van der Waals surface area (Å²) in [7, 11) is 0. The van der Waals surface area contributed by atoms with Crippen LogP contribution in [0, 0.1) is 0 Å². The quantitative estimate of drug-likeness (QED) is 0.897. The number of rotatable bonds is 5. The molecule has 110 valence electrons. The van der Waals surface area contributed by atoms with Gasteiger partial charge in [0.25, 0.3) is 0 Å². The van der Waals surface area contributed by atoms with E-state index >= 15 is 0 Å². The molecule has 1 aromatic rings. The average Bonchev–Trinajstić information content (AvgIpc) is 2.89. The van der Waals surface area contributed by atoms with Gasteiger partial charge >= 0.3 is 6.03 Å². The number of benzene rings is 1. The molecule has 4 nitrogen and oxygen atoms in total. The fourth-order valence-electron chi connectivity index (χ4n) is 3.03. The summed E-state index contributed by atoms with van der Waals surface area (Å²) in [6, 6.07) is 8.44. The largest absolute Gasteiger partial charge is 0.395 e. The molecular weight excluding hydrogens is 252 g/mol. The summed E-state index contributed by atoms with van der Waals surface area (Å²) < 4.78 is 0. The first kappa shape index (κ1) is 14.9. The number of aliphatic hydroxyl groups excluding tert-OH is 1. The number of carbonyl (C=O) groups excluding carboxylic acids is 1. The van der Waals surface area contributed by atoms with E-state index in [0.29, 0.717) is 19.6 Å². The van der Waals surface area contributed by atoms with Crippen molar-refractivity contribution in [1.29, 1.82) is 0 Å². The summed E-state index contributed by atoms with van der Waals surface area (Å²) in [6.07, 6.45) is 1.96. The molecule has 1 atom stereocenters. The maximum Gasteiger partial charge on any atom is 0.320 e. The number of hydrogen-bond acceptors (Lipinski definition) is 2. The van der Waals surface area contributed by atoms with Crippen LogP contribution in [0.1, 0.15) is 37.4 Å². The molecule has 1 aliphatic carbocycles. The first-order chi connectivity index (χ1) is 9.72. The zero-order chi connectivity index (χ0) is 14.5. The molecule has 1 aromatic carbocycles. The molecule has 2 amide bonds. The standard InChI is InChI=1S/C16H24N2O2/c1-3-17(4-2)16(20)18(11-12-19)15-10-9-13-7-5-6-8-14(13)15/h5-8,15,19H,3-4,9-12H2,1-2H3. The Hall–Kier alpha value is -1.55. The van der Waals surface area contributed by atoms with Crippen LogP contribution in [0.5, 0.6) is 0 Å². The van der Waals surface area contributed by atoms with Crippen LogP contribution in [0.4, 0.5) is 4.79 Å². The minimum atomic E-state index is 0.00563. The van der Waals surface area contributed by atoms with Crippen molar-refractivity contribution in [2.24, 2.45) is 0 Å². The van der Waals surface area contributed by atoms with Gasteiger partial charge in [-0.05, 0) is 37.8 Å². The molecule has 0 heterocycles. The number of amides is 2. The molecule has 0 aliphatic heterocycles. The third-order valence-electron chi connectivity index (χ3n) is 4.10. The van der Waals surface area contributed by atoms with Gasteiger partial charge in [-0.15, -0.1) is 0 Å². The topological polar surface area (TPSA) is 43.8 Å². The van der Waals surface area contributed by atoms with Crippen LogP contribution < -0.4 is 0 Å². The lowest BCUT2D eigenvalue weighted by Crippen LogP contribution is -2.45. The normalized spacial score (nSPS) is 16.9. The molecule has 0 radical (unpaired) electrons. The molecule has 0 fully saturated rings. The van der Waals surface area contributed by atoms with Gasteiger partial charge in [-0.1, -0.05) is 24.3 Å². The second-order valence-electron chi connectivity index (χ2n) is 5.13. The number of aliphatic hydroxyl groups is 1.